The van der Waals surface area contributed by atoms with Crippen LogP contribution in [0.3, 0.4) is 0 Å². The highest BCUT2D eigenvalue weighted by molar-refractivity contribution is 6.02. The Bertz CT molecular complexity index is 948. The van der Waals surface area contributed by atoms with Crippen molar-refractivity contribution in [1.82, 2.24) is 9.55 Å². The number of nitrogens with zero attached hydrogens (tertiary/aromatic N) is 2. The number of hydrogen-bond donors (Lipinski definition) is 2. The zero-order valence-electron chi connectivity index (χ0n) is 14.3. The molecule has 0 fully saturated rings. The van der Waals surface area contributed by atoms with Gasteiger partial charge in [0.25, 0.3) is 0 Å². The molecule has 0 aliphatic heterocycles. The summed E-state index contributed by atoms with van der Waals surface area (Å²) in [6, 6.07) is 14.2. The minimum Gasteiger partial charge on any atom is -0.482 e. The van der Waals surface area contributed by atoms with Crippen LogP contribution in [0.25, 0.3) is 11.8 Å². The number of carboxylic acids is 1. The molecule has 1 amide bonds. The third kappa shape index (κ3) is 5.30. The highest BCUT2D eigenvalue weighted by atomic mass is 16.5. The number of ether oxygens (including phenoxy) is 1. The van der Waals surface area contributed by atoms with Gasteiger partial charge >= 0.3 is 5.97 Å². The van der Waals surface area contributed by atoms with Crippen molar-refractivity contribution in [3.63, 3.8) is 0 Å². The van der Waals surface area contributed by atoms with Crippen molar-refractivity contribution in [2.24, 2.45) is 0 Å². The highest BCUT2D eigenvalue weighted by Gasteiger charge is 2.03. The van der Waals surface area contributed by atoms with Gasteiger partial charge in [-0.2, -0.15) is 0 Å². The summed E-state index contributed by atoms with van der Waals surface area (Å²) in [5.41, 5.74) is 2.38. The second-order valence-corrected chi connectivity index (χ2v) is 5.59. The first-order valence-electron chi connectivity index (χ1n) is 8.12. The first-order chi connectivity index (χ1) is 13.1. The Hall–Kier alpha value is -3.87. The van der Waals surface area contributed by atoms with Crippen molar-refractivity contribution in [2.45, 2.75) is 0 Å². The number of aliphatic carboxylic acids is 1. The second kappa shape index (κ2) is 8.48. The van der Waals surface area contributed by atoms with Gasteiger partial charge in [0.05, 0.1) is 6.33 Å². The molecule has 0 saturated heterocycles. The zero-order chi connectivity index (χ0) is 19.1. The van der Waals surface area contributed by atoms with Gasteiger partial charge in [-0.25, -0.2) is 9.78 Å². The van der Waals surface area contributed by atoms with Crippen LogP contribution in [0, 0.1) is 0 Å². The second-order valence-electron chi connectivity index (χ2n) is 5.59. The number of amides is 1. The first kappa shape index (κ1) is 17.9. The summed E-state index contributed by atoms with van der Waals surface area (Å²) < 4.78 is 6.97. The quantitative estimate of drug-likeness (QED) is 0.630. The van der Waals surface area contributed by atoms with E-state index < -0.39 is 12.6 Å². The molecule has 2 N–H and O–H groups in total. The predicted octanol–water partition coefficient (Wildman–Crippen LogP) is 2.99. The molecule has 3 rings (SSSR count). The van der Waals surface area contributed by atoms with Crippen molar-refractivity contribution in [1.29, 1.82) is 0 Å². The van der Waals surface area contributed by atoms with Crippen LogP contribution >= 0.6 is 0 Å². The molecule has 1 heterocycles. The molecule has 0 saturated carbocycles. The molecule has 0 aliphatic rings. The Morgan fingerprint density at radius 3 is 2.70 bits per heavy atom. The minimum absolute atomic E-state index is 0.302. The van der Waals surface area contributed by atoms with Crippen LogP contribution in [-0.4, -0.2) is 33.1 Å². The molecule has 2 aromatic carbocycles. The average Bonchev–Trinajstić information content (AvgIpc) is 3.20. The van der Waals surface area contributed by atoms with Crippen LogP contribution in [-0.2, 0) is 9.59 Å². The van der Waals surface area contributed by atoms with E-state index in [9.17, 15) is 9.59 Å². The Kier molecular flexibility index (Phi) is 5.64. The lowest BCUT2D eigenvalue weighted by Gasteiger charge is -2.06. The molecule has 0 aliphatic carbocycles. The fourth-order valence-electron chi connectivity index (χ4n) is 2.33. The molecule has 0 radical (unpaired) electrons. The maximum Gasteiger partial charge on any atom is 0.341 e. The van der Waals surface area contributed by atoms with E-state index in [0.29, 0.717) is 11.4 Å². The summed E-state index contributed by atoms with van der Waals surface area (Å²) in [5, 5.41) is 11.3. The van der Waals surface area contributed by atoms with Gasteiger partial charge in [0.15, 0.2) is 6.61 Å². The lowest BCUT2D eigenvalue weighted by atomic mass is 10.2. The van der Waals surface area contributed by atoms with E-state index in [-0.39, 0.29) is 5.91 Å². The number of imidazole rings is 1. The lowest BCUT2D eigenvalue weighted by molar-refractivity contribution is -0.139. The van der Waals surface area contributed by atoms with Gasteiger partial charge < -0.3 is 19.7 Å². The third-order valence-corrected chi connectivity index (χ3v) is 3.59. The third-order valence-electron chi connectivity index (χ3n) is 3.59. The van der Waals surface area contributed by atoms with Gasteiger partial charge in [-0.15, -0.1) is 0 Å². The summed E-state index contributed by atoms with van der Waals surface area (Å²) in [6.45, 7) is -0.438. The Morgan fingerprint density at radius 2 is 2.00 bits per heavy atom. The fraction of sp³-hybridized carbons (Fsp3) is 0.0500. The average molecular weight is 363 g/mol. The maximum atomic E-state index is 12.1. The smallest absolute Gasteiger partial charge is 0.341 e. The van der Waals surface area contributed by atoms with Crippen molar-refractivity contribution in [3.05, 3.63) is 78.9 Å². The molecule has 7 heteroatoms. The van der Waals surface area contributed by atoms with E-state index in [4.69, 9.17) is 9.84 Å². The number of nitrogens with one attached hydrogen (secondary N) is 1. The van der Waals surface area contributed by atoms with E-state index in [0.717, 1.165) is 11.3 Å². The Labute approximate surface area is 155 Å². The molecule has 1 aromatic heterocycles. The molecule has 27 heavy (non-hydrogen) atoms. The Morgan fingerprint density at radius 1 is 1.19 bits per heavy atom. The SMILES string of the molecule is O=C(O)COc1cccc(NC(=O)/C=C/c2ccc(-n3ccnc3)cc2)c1. The molecule has 3 aromatic rings. The van der Waals surface area contributed by atoms with Crippen LogP contribution in [0.15, 0.2) is 73.3 Å². The molecule has 0 bridgehead atoms. The number of aromatic nitrogens is 2. The van der Waals surface area contributed by atoms with Crippen LogP contribution in [0.4, 0.5) is 5.69 Å². The van der Waals surface area contributed by atoms with Crippen LogP contribution in [0.5, 0.6) is 5.75 Å². The van der Waals surface area contributed by atoms with Crippen LogP contribution in [0.2, 0.25) is 0 Å². The number of anilines is 1. The van der Waals surface area contributed by atoms with E-state index in [1.165, 1.54) is 6.08 Å². The number of benzene rings is 2. The number of hydrogen-bond acceptors (Lipinski definition) is 4. The van der Waals surface area contributed by atoms with E-state index in [1.807, 2.05) is 35.0 Å². The van der Waals surface area contributed by atoms with Crippen molar-refractivity contribution in [2.75, 3.05) is 11.9 Å². The van der Waals surface area contributed by atoms with Crippen molar-refractivity contribution >= 4 is 23.6 Å². The molecular weight excluding hydrogens is 346 g/mol. The summed E-state index contributed by atoms with van der Waals surface area (Å²) in [5.74, 6) is -0.996. The van der Waals surface area contributed by atoms with Gasteiger partial charge in [0.2, 0.25) is 5.91 Å². The molecule has 7 nitrogen and oxygen atoms in total. The standard InChI is InChI=1S/C20H17N3O4/c24-19(22-16-2-1-3-18(12-16)27-13-20(25)26)9-6-15-4-7-17(8-5-15)23-11-10-21-14-23/h1-12,14H,13H2,(H,22,24)(H,25,26)/b9-6+. The van der Waals surface area contributed by atoms with E-state index in [2.05, 4.69) is 10.3 Å². The molecule has 136 valence electrons. The number of carboxylic acid groups (broad SMARTS) is 1. The molecule has 0 unspecified atom stereocenters. The monoisotopic (exact) mass is 363 g/mol. The summed E-state index contributed by atoms with van der Waals surface area (Å²) in [4.78, 5) is 26.6. The maximum absolute atomic E-state index is 12.1. The molecule has 0 atom stereocenters. The van der Waals surface area contributed by atoms with Gasteiger partial charge in [-0.05, 0) is 35.9 Å². The molecular formula is C20H17N3O4. The van der Waals surface area contributed by atoms with Crippen LogP contribution < -0.4 is 10.1 Å². The number of carbonyl (C=O) groups excluding carboxylic acids is 1. The topological polar surface area (TPSA) is 93.5 Å². The van der Waals surface area contributed by atoms with Gasteiger partial charge in [-0.3, -0.25) is 4.79 Å². The minimum atomic E-state index is -1.06. The van der Waals surface area contributed by atoms with Crippen molar-refractivity contribution < 1.29 is 19.4 Å². The van der Waals surface area contributed by atoms with E-state index >= 15 is 0 Å². The summed E-state index contributed by atoms with van der Waals surface area (Å²) in [7, 11) is 0. The van der Waals surface area contributed by atoms with Crippen LogP contribution in [0.1, 0.15) is 5.56 Å². The van der Waals surface area contributed by atoms with Gasteiger partial charge in [0.1, 0.15) is 5.75 Å². The lowest BCUT2D eigenvalue weighted by Crippen LogP contribution is -2.10. The zero-order valence-corrected chi connectivity index (χ0v) is 14.3. The largest absolute Gasteiger partial charge is 0.482 e. The fourth-order valence-corrected chi connectivity index (χ4v) is 2.33. The normalized spacial score (nSPS) is 10.7. The van der Waals surface area contributed by atoms with Gasteiger partial charge in [-0.1, -0.05) is 18.2 Å². The summed E-state index contributed by atoms with van der Waals surface area (Å²) >= 11 is 0. The highest BCUT2D eigenvalue weighted by Crippen LogP contribution is 2.17. The van der Waals surface area contributed by atoms with E-state index in [1.54, 1.807) is 42.9 Å². The van der Waals surface area contributed by atoms with Gasteiger partial charge in [0, 0.05) is 35.9 Å². The Balaban J connectivity index is 1.58. The number of rotatable bonds is 7. The van der Waals surface area contributed by atoms with Crippen molar-refractivity contribution in [3.8, 4) is 11.4 Å². The predicted molar refractivity (Wildman–Crippen MR) is 101 cm³/mol. The molecule has 0 spiro atoms. The first-order valence-corrected chi connectivity index (χ1v) is 8.12. The number of carbonyl (C=O) groups is 2. The summed E-state index contributed by atoms with van der Waals surface area (Å²) in [6.07, 6.45) is 8.41.